The summed E-state index contributed by atoms with van der Waals surface area (Å²) in [6.45, 7) is 1.80. The second-order valence-electron chi connectivity index (χ2n) is 4.70. The number of hydrogen-bond acceptors (Lipinski definition) is 5. The summed E-state index contributed by atoms with van der Waals surface area (Å²) < 4.78 is 44.7. The molecule has 1 aromatic heterocycles. The first-order chi connectivity index (χ1) is 10.8. The lowest BCUT2D eigenvalue weighted by Crippen LogP contribution is -2.23. The van der Waals surface area contributed by atoms with Crippen LogP contribution in [-0.4, -0.2) is 22.4 Å². The fourth-order valence-corrected chi connectivity index (χ4v) is 1.79. The van der Waals surface area contributed by atoms with Crippen LogP contribution in [0.5, 0.6) is 5.75 Å². The number of rotatable bonds is 6. The van der Waals surface area contributed by atoms with Crippen LogP contribution in [0.2, 0.25) is 0 Å². The number of aromatic nitrogens is 2. The van der Waals surface area contributed by atoms with Crippen LogP contribution >= 0.6 is 0 Å². The van der Waals surface area contributed by atoms with E-state index < -0.39 is 6.36 Å². The maximum atomic E-state index is 12.0. The van der Waals surface area contributed by atoms with Crippen LogP contribution < -0.4 is 10.1 Å². The van der Waals surface area contributed by atoms with Crippen molar-refractivity contribution >= 4 is 5.91 Å². The van der Waals surface area contributed by atoms with Crippen molar-refractivity contribution < 1.29 is 27.2 Å². The van der Waals surface area contributed by atoms with E-state index in [1.54, 1.807) is 6.92 Å². The third kappa shape index (κ3) is 5.97. The molecule has 0 fully saturated rings. The van der Waals surface area contributed by atoms with Crippen LogP contribution in [-0.2, 0) is 17.8 Å². The summed E-state index contributed by atoms with van der Waals surface area (Å²) in [5.41, 5.74) is 0.725. The number of nitrogens with zero attached hydrogens (tertiary/aromatic N) is 2. The number of amides is 1. The Bertz CT molecular complexity index is 653. The van der Waals surface area contributed by atoms with Gasteiger partial charge < -0.3 is 14.6 Å². The highest BCUT2D eigenvalue weighted by atomic mass is 19.4. The topological polar surface area (TPSA) is 77.2 Å². The molecule has 6 nitrogen and oxygen atoms in total. The number of nitrogens with one attached hydrogen (secondary N) is 1. The summed E-state index contributed by atoms with van der Waals surface area (Å²) in [6, 6.07) is 5.38. The Morgan fingerprint density at radius 3 is 2.57 bits per heavy atom. The van der Waals surface area contributed by atoms with Gasteiger partial charge >= 0.3 is 6.36 Å². The van der Waals surface area contributed by atoms with E-state index in [1.165, 1.54) is 24.3 Å². The maximum absolute atomic E-state index is 12.0. The minimum absolute atomic E-state index is 0.137. The molecule has 1 N–H and O–H groups in total. The first kappa shape index (κ1) is 16.8. The van der Waals surface area contributed by atoms with E-state index in [9.17, 15) is 18.0 Å². The van der Waals surface area contributed by atoms with Gasteiger partial charge in [0.15, 0.2) is 5.82 Å². The Morgan fingerprint density at radius 2 is 2.00 bits per heavy atom. The van der Waals surface area contributed by atoms with Gasteiger partial charge in [0.2, 0.25) is 11.8 Å². The Balaban J connectivity index is 1.75. The largest absolute Gasteiger partial charge is 0.573 e. The lowest BCUT2D eigenvalue weighted by molar-refractivity contribution is -0.274. The molecule has 0 bridgehead atoms. The van der Waals surface area contributed by atoms with Crippen LogP contribution in [0.1, 0.15) is 23.7 Å². The van der Waals surface area contributed by atoms with Gasteiger partial charge in [0.1, 0.15) is 5.75 Å². The number of ether oxygens (including phenoxy) is 1. The van der Waals surface area contributed by atoms with Crippen molar-refractivity contribution in [2.24, 2.45) is 0 Å². The zero-order chi connectivity index (χ0) is 16.9. The quantitative estimate of drug-likeness (QED) is 0.881. The second-order valence-corrected chi connectivity index (χ2v) is 4.70. The number of carbonyl (C=O) groups excluding carboxylic acids is 1. The highest BCUT2D eigenvalue weighted by Gasteiger charge is 2.30. The minimum atomic E-state index is -4.71. The van der Waals surface area contributed by atoms with Gasteiger partial charge in [-0.25, -0.2) is 0 Å². The smallest absolute Gasteiger partial charge is 0.406 e. The highest BCUT2D eigenvalue weighted by Crippen LogP contribution is 2.22. The van der Waals surface area contributed by atoms with Crippen LogP contribution in [0.3, 0.4) is 0 Å². The molecule has 1 amide bonds. The van der Waals surface area contributed by atoms with Gasteiger partial charge in [-0.2, -0.15) is 4.98 Å². The van der Waals surface area contributed by atoms with Gasteiger partial charge in [0.05, 0.1) is 6.54 Å². The molecule has 0 radical (unpaired) electrons. The van der Waals surface area contributed by atoms with Crippen LogP contribution in [0.15, 0.2) is 28.8 Å². The van der Waals surface area contributed by atoms with Crippen molar-refractivity contribution in [2.75, 3.05) is 0 Å². The summed E-state index contributed by atoms with van der Waals surface area (Å²) in [5.74, 6) is 0.272. The first-order valence-corrected chi connectivity index (χ1v) is 6.72. The van der Waals surface area contributed by atoms with Crippen molar-refractivity contribution in [3.8, 4) is 5.75 Å². The van der Waals surface area contributed by atoms with Crippen molar-refractivity contribution in [3.05, 3.63) is 41.5 Å². The lowest BCUT2D eigenvalue weighted by atomic mass is 10.1. The normalized spacial score (nSPS) is 11.3. The molecule has 1 heterocycles. The summed E-state index contributed by atoms with van der Waals surface area (Å²) in [5, 5.41) is 6.21. The average Bonchev–Trinajstić information content (AvgIpc) is 2.88. The second kappa shape index (κ2) is 7.12. The van der Waals surface area contributed by atoms with E-state index in [4.69, 9.17) is 4.52 Å². The van der Waals surface area contributed by atoms with Crippen molar-refractivity contribution in [1.29, 1.82) is 0 Å². The van der Waals surface area contributed by atoms with Gasteiger partial charge in [0, 0.05) is 6.42 Å². The van der Waals surface area contributed by atoms with Gasteiger partial charge in [-0.3, -0.25) is 4.79 Å². The molecule has 0 unspecified atom stereocenters. The number of alkyl halides is 3. The SMILES string of the molecule is Cc1noc(CNC(=O)CCc2ccc(OC(F)(F)F)cc2)n1. The fraction of sp³-hybridized carbons (Fsp3) is 0.357. The third-order valence-electron chi connectivity index (χ3n) is 2.80. The standard InChI is InChI=1S/C14H14F3N3O3/c1-9-19-13(23-20-9)8-18-12(21)7-4-10-2-5-11(6-3-10)22-14(15,16)17/h2-3,5-6H,4,7-8H2,1H3,(H,18,21). The van der Waals surface area contributed by atoms with Gasteiger partial charge in [-0.15, -0.1) is 13.2 Å². The molecule has 0 aliphatic carbocycles. The maximum Gasteiger partial charge on any atom is 0.573 e. The molecule has 0 spiro atoms. The highest BCUT2D eigenvalue weighted by molar-refractivity contribution is 5.76. The Morgan fingerprint density at radius 1 is 1.30 bits per heavy atom. The Hall–Kier alpha value is -2.58. The average molecular weight is 329 g/mol. The molecule has 0 saturated heterocycles. The molecule has 0 aliphatic heterocycles. The zero-order valence-corrected chi connectivity index (χ0v) is 12.2. The molecular formula is C14H14F3N3O3. The van der Waals surface area contributed by atoms with Gasteiger partial charge in [0.25, 0.3) is 0 Å². The summed E-state index contributed by atoms with van der Waals surface area (Å²) in [4.78, 5) is 15.6. The molecule has 2 rings (SSSR count). The Labute approximate surface area is 129 Å². The van der Waals surface area contributed by atoms with Crippen molar-refractivity contribution in [3.63, 3.8) is 0 Å². The van der Waals surface area contributed by atoms with Crippen LogP contribution in [0.25, 0.3) is 0 Å². The van der Waals surface area contributed by atoms with E-state index in [0.717, 1.165) is 5.56 Å². The summed E-state index contributed by atoms with van der Waals surface area (Å²) >= 11 is 0. The van der Waals surface area contributed by atoms with Crippen LogP contribution in [0, 0.1) is 6.92 Å². The predicted octanol–water partition coefficient (Wildman–Crippen LogP) is 2.53. The third-order valence-corrected chi connectivity index (χ3v) is 2.80. The van der Waals surface area contributed by atoms with Crippen molar-refractivity contribution in [1.82, 2.24) is 15.5 Å². The number of benzene rings is 1. The Kier molecular flexibility index (Phi) is 5.20. The predicted molar refractivity (Wildman–Crippen MR) is 72.3 cm³/mol. The van der Waals surface area contributed by atoms with E-state index in [-0.39, 0.29) is 24.6 Å². The first-order valence-electron chi connectivity index (χ1n) is 6.72. The minimum Gasteiger partial charge on any atom is -0.406 e. The van der Waals surface area contributed by atoms with E-state index in [0.29, 0.717) is 18.1 Å². The fourth-order valence-electron chi connectivity index (χ4n) is 1.79. The van der Waals surface area contributed by atoms with Crippen LogP contribution in [0.4, 0.5) is 13.2 Å². The molecule has 0 saturated carbocycles. The summed E-state index contributed by atoms with van der Waals surface area (Å²) in [7, 11) is 0. The van der Waals surface area contributed by atoms with Gasteiger partial charge in [-0.1, -0.05) is 17.3 Å². The number of carbonyl (C=O) groups is 1. The molecule has 23 heavy (non-hydrogen) atoms. The monoisotopic (exact) mass is 329 g/mol. The molecule has 124 valence electrons. The molecular weight excluding hydrogens is 315 g/mol. The number of aryl methyl sites for hydroxylation is 2. The molecule has 0 aliphatic rings. The van der Waals surface area contributed by atoms with Gasteiger partial charge in [-0.05, 0) is 31.0 Å². The molecule has 1 aromatic carbocycles. The number of halogens is 3. The zero-order valence-electron chi connectivity index (χ0n) is 12.2. The van der Waals surface area contributed by atoms with Crippen molar-refractivity contribution in [2.45, 2.75) is 32.7 Å². The van der Waals surface area contributed by atoms with E-state index in [1.807, 2.05) is 0 Å². The molecule has 2 aromatic rings. The number of hydrogen-bond donors (Lipinski definition) is 1. The molecule has 0 atom stereocenters. The van der Waals surface area contributed by atoms with E-state index in [2.05, 4.69) is 20.2 Å². The summed E-state index contributed by atoms with van der Waals surface area (Å²) in [6.07, 6.45) is -4.14. The van der Waals surface area contributed by atoms with E-state index >= 15 is 0 Å². The lowest BCUT2D eigenvalue weighted by Gasteiger charge is -2.09. The molecule has 9 heteroatoms.